The van der Waals surface area contributed by atoms with E-state index in [1.165, 1.54) is 13.4 Å². The van der Waals surface area contributed by atoms with Gasteiger partial charge in [-0.05, 0) is 46.3 Å². The summed E-state index contributed by atoms with van der Waals surface area (Å²) in [4.78, 5) is 12.2. The second-order valence-corrected chi connectivity index (χ2v) is 5.44. The van der Waals surface area contributed by atoms with Crippen LogP contribution in [0.25, 0.3) is 11.5 Å². The van der Waals surface area contributed by atoms with E-state index in [0.29, 0.717) is 33.0 Å². The molecule has 0 atom stereocenters. The third-order valence-corrected chi connectivity index (χ3v) is 3.76. The molecule has 0 aliphatic carbocycles. The maximum Gasteiger partial charge on any atom is 0.339 e. The number of esters is 1. The number of halogens is 1. The van der Waals surface area contributed by atoms with Crippen LogP contribution in [0.3, 0.4) is 0 Å². The molecule has 3 rings (SSSR count). The van der Waals surface area contributed by atoms with Crippen molar-refractivity contribution in [2.24, 2.45) is 0 Å². The molecule has 23 heavy (non-hydrogen) atoms. The zero-order valence-electron chi connectivity index (χ0n) is 12.1. The maximum absolute atomic E-state index is 12.2. The van der Waals surface area contributed by atoms with Crippen molar-refractivity contribution in [1.82, 2.24) is 5.16 Å². The first-order chi connectivity index (χ1) is 11.2. The Morgan fingerprint density at radius 3 is 2.87 bits per heavy atom. The summed E-state index contributed by atoms with van der Waals surface area (Å²) in [6, 6.07) is 10.2. The van der Waals surface area contributed by atoms with E-state index < -0.39 is 5.97 Å². The number of benzene rings is 1. The highest BCUT2D eigenvalue weighted by Crippen LogP contribution is 2.24. The lowest BCUT2D eigenvalue weighted by Gasteiger charge is -2.06. The van der Waals surface area contributed by atoms with Gasteiger partial charge < -0.3 is 18.4 Å². The van der Waals surface area contributed by atoms with Gasteiger partial charge in [-0.1, -0.05) is 5.16 Å². The topological polar surface area (TPSA) is 74.7 Å². The van der Waals surface area contributed by atoms with Gasteiger partial charge in [-0.15, -0.1) is 0 Å². The van der Waals surface area contributed by atoms with Crippen molar-refractivity contribution in [3.8, 4) is 17.3 Å². The van der Waals surface area contributed by atoms with Crippen LogP contribution >= 0.6 is 15.9 Å². The zero-order chi connectivity index (χ0) is 16.2. The van der Waals surface area contributed by atoms with Crippen LogP contribution in [0.2, 0.25) is 0 Å². The summed E-state index contributed by atoms with van der Waals surface area (Å²) in [5, 5.41) is 3.85. The van der Waals surface area contributed by atoms with Gasteiger partial charge in [0.1, 0.15) is 18.1 Å². The third-order valence-electron chi connectivity index (χ3n) is 3.07. The van der Waals surface area contributed by atoms with Crippen LogP contribution in [0.15, 0.2) is 56.1 Å². The van der Waals surface area contributed by atoms with E-state index in [-0.39, 0.29) is 6.61 Å². The number of rotatable bonds is 5. The lowest BCUT2D eigenvalue weighted by Crippen LogP contribution is -2.06. The quantitative estimate of drug-likeness (QED) is 0.624. The second kappa shape index (κ2) is 6.70. The Labute approximate surface area is 140 Å². The molecule has 0 saturated carbocycles. The number of hydrogen-bond acceptors (Lipinski definition) is 6. The van der Waals surface area contributed by atoms with Gasteiger partial charge in [0.15, 0.2) is 5.76 Å². The molecule has 1 aromatic carbocycles. The van der Waals surface area contributed by atoms with Gasteiger partial charge in [-0.25, -0.2) is 4.79 Å². The molecule has 3 aromatic rings. The minimum atomic E-state index is -0.488. The molecule has 2 heterocycles. The molecule has 0 unspecified atom stereocenters. The van der Waals surface area contributed by atoms with E-state index in [1.807, 2.05) is 0 Å². The molecule has 2 aromatic heterocycles. The summed E-state index contributed by atoms with van der Waals surface area (Å²) in [5.74, 6) is 1.12. The van der Waals surface area contributed by atoms with Crippen molar-refractivity contribution >= 4 is 21.9 Å². The normalized spacial score (nSPS) is 10.5. The number of methoxy groups -OCH3 is 1. The van der Waals surface area contributed by atoms with E-state index in [4.69, 9.17) is 18.4 Å². The fraction of sp³-hybridized carbons (Fsp3) is 0.125. The van der Waals surface area contributed by atoms with Crippen LogP contribution in [-0.4, -0.2) is 18.2 Å². The van der Waals surface area contributed by atoms with Crippen LogP contribution < -0.4 is 4.74 Å². The summed E-state index contributed by atoms with van der Waals surface area (Å²) in [6.45, 7) is -0.00725. The highest BCUT2D eigenvalue weighted by molar-refractivity contribution is 9.10. The molecule has 118 valence electrons. The number of aromatic nitrogens is 1. The fourth-order valence-electron chi connectivity index (χ4n) is 1.92. The maximum atomic E-state index is 12.2. The summed E-state index contributed by atoms with van der Waals surface area (Å²) in [5.41, 5.74) is 0.864. The van der Waals surface area contributed by atoms with Gasteiger partial charge in [0.25, 0.3) is 0 Å². The first-order valence-electron chi connectivity index (χ1n) is 6.67. The highest BCUT2D eigenvalue weighted by Gasteiger charge is 2.15. The molecular weight excluding hydrogens is 366 g/mol. The molecule has 0 N–H and O–H groups in total. The average Bonchev–Trinajstić information content (AvgIpc) is 3.24. The Hall–Kier alpha value is -2.54. The van der Waals surface area contributed by atoms with Crippen molar-refractivity contribution in [3.05, 3.63) is 58.4 Å². The SMILES string of the molecule is COc1ccc(Br)c(C(=O)OCc2cc(-c3ccco3)on2)c1. The second-order valence-electron chi connectivity index (χ2n) is 4.58. The van der Waals surface area contributed by atoms with Gasteiger partial charge >= 0.3 is 5.97 Å². The molecule has 0 aliphatic rings. The number of carbonyl (C=O) groups excluding carboxylic acids is 1. The summed E-state index contributed by atoms with van der Waals surface area (Å²) >= 11 is 3.31. The molecule has 0 fully saturated rings. The van der Waals surface area contributed by atoms with Crippen LogP contribution in [0.4, 0.5) is 0 Å². The number of furan rings is 1. The predicted octanol–water partition coefficient (Wildman–Crippen LogP) is 4.06. The Bertz CT molecular complexity index is 810. The molecule has 7 heteroatoms. The van der Waals surface area contributed by atoms with E-state index in [9.17, 15) is 4.79 Å². The number of ether oxygens (including phenoxy) is 2. The Kier molecular flexibility index (Phi) is 4.47. The zero-order valence-corrected chi connectivity index (χ0v) is 13.7. The Morgan fingerprint density at radius 2 is 2.13 bits per heavy atom. The number of hydrogen-bond donors (Lipinski definition) is 0. The van der Waals surface area contributed by atoms with E-state index >= 15 is 0 Å². The van der Waals surface area contributed by atoms with Crippen molar-refractivity contribution in [2.75, 3.05) is 7.11 Å². The predicted molar refractivity (Wildman–Crippen MR) is 84.0 cm³/mol. The number of nitrogens with zero attached hydrogens (tertiary/aromatic N) is 1. The van der Waals surface area contributed by atoms with Crippen LogP contribution in [0.5, 0.6) is 5.75 Å². The summed E-state index contributed by atoms with van der Waals surface area (Å²) < 4.78 is 21.3. The van der Waals surface area contributed by atoms with Crippen molar-refractivity contribution in [1.29, 1.82) is 0 Å². The third kappa shape index (κ3) is 3.45. The summed E-state index contributed by atoms with van der Waals surface area (Å²) in [7, 11) is 1.53. The van der Waals surface area contributed by atoms with E-state index in [1.54, 1.807) is 36.4 Å². The minimum Gasteiger partial charge on any atom is -0.497 e. The van der Waals surface area contributed by atoms with Gasteiger partial charge in [-0.2, -0.15) is 0 Å². The molecule has 6 nitrogen and oxygen atoms in total. The standard InChI is InChI=1S/C16H12BrNO5/c1-20-11-4-5-13(17)12(8-11)16(19)22-9-10-7-15(23-18-10)14-3-2-6-21-14/h2-8H,9H2,1H3. The molecular formula is C16H12BrNO5. The first-order valence-corrected chi connectivity index (χ1v) is 7.47. The van der Waals surface area contributed by atoms with Crippen molar-refractivity contribution < 1.29 is 23.2 Å². The minimum absolute atomic E-state index is 0.00725. The fourth-order valence-corrected chi connectivity index (χ4v) is 2.33. The van der Waals surface area contributed by atoms with Gasteiger partial charge in [0.2, 0.25) is 5.76 Å². The van der Waals surface area contributed by atoms with Crippen molar-refractivity contribution in [2.45, 2.75) is 6.61 Å². The largest absolute Gasteiger partial charge is 0.497 e. The lowest BCUT2D eigenvalue weighted by atomic mass is 10.2. The monoisotopic (exact) mass is 377 g/mol. The molecule has 0 spiro atoms. The van der Waals surface area contributed by atoms with Gasteiger partial charge in [0.05, 0.1) is 18.9 Å². The smallest absolute Gasteiger partial charge is 0.339 e. The molecule has 0 radical (unpaired) electrons. The Morgan fingerprint density at radius 1 is 1.26 bits per heavy atom. The first kappa shape index (κ1) is 15.4. The highest BCUT2D eigenvalue weighted by atomic mass is 79.9. The Balaban J connectivity index is 1.67. The van der Waals surface area contributed by atoms with Crippen LogP contribution in [0, 0.1) is 0 Å². The van der Waals surface area contributed by atoms with E-state index in [0.717, 1.165) is 0 Å². The average molecular weight is 378 g/mol. The van der Waals surface area contributed by atoms with E-state index in [2.05, 4.69) is 21.1 Å². The molecule has 0 amide bonds. The van der Waals surface area contributed by atoms with Crippen molar-refractivity contribution in [3.63, 3.8) is 0 Å². The van der Waals surface area contributed by atoms with Crippen LogP contribution in [0.1, 0.15) is 16.1 Å². The number of carbonyl (C=O) groups is 1. The van der Waals surface area contributed by atoms with Gasteiger partial charge in [0, 0.05) is 10.5 Å². The van der Waals surface area contributed by atoms with Gasteiger partial charge in [-0.3, -0.25) is 0 Å². The molecule has 0 bridgehead atoms. The molecule has 0 aliphatic heterocycles. The molecule has 0 saturated heterocycles. The lowest BCUT2D eigenvalue weighted by molar-refractivity contribution is 0.0463. The van der Waals surface area contributed by atoms with Crippen LogP contribution in [-0.2, 0) is 11.3 Å². The summed E-state index contributed by atoms with van der Waals surface area (Å²) in [6.07, 6.45) is 1.54.